The van der Waals surface area contributed by atoms with Crippen LogP contribution in [0, 0.1) is 16.7 Å². The fourth-order valence-corrected chi connectivity index (χ4v) is 5.74. The van der Waals surface area contributed by atoms with E-state index in [0.717, 1.165) is 0 Å². The molecule has 2 aromatic heterocycles. The summed E-state index contributed by atoms with van der Waals surface area (Å²) in [6.45, 7) is 14.9. The van der Waals surface area contributed by atoms with Crippen LogP contribution in [0.4, 0.5) is 5.95 Å². The van der Waals surface area contributed by atoms with Gasteiger partial charge in [0.1, 0.15) is 18.8 Å². The molecule has 43 heavy (non-hydrogen) atoms. The third kappa shape index (κ3) is 10.1. The molecule has 16 heteroatoms. The highest BCUT2D eigenvalue weighted by Gasteiger charge is 2.38. The van der Waals surface area contributed by atoms with E-state index in [4.69, 9.17) is 29.2 Å². The number of nitrogens with zero attached hydrogens (tertiary/aromatic N) is 4. The number of esters is 2. The number of hydrogen-bond donors (Lipinski definition) is 3. The monoisotopic (exact) mass is 627 g/mol. The highest BCUT2D eigenvalue weighted by atomic mass is 31.2. The van der Waals surface area contributed by atoms with Crippen molar-refractivity contribution in [3.63, 3.8) is 0 Å². The minimum Gasteiger partial charge on any atom is -0.479 e. The Morgan fingerprint density at radius 1 is 1.16 bits per heavy atom. The van der Waals surface area contributed by atoms with Gasteiger partial charge in [0.15, 0.2) is 11.2 Å². The molecule has 0 bridgehead atoms. The normalized spacial score (nSPS) is 21.4. The highest BCUT2D eigenvalue weighted by Crippen LogP contribution is 2.42. The molecule has 1 aliphatic rings. The maximum atomic E-state index is 13.9. The number of nitrogens with two attached hydrogens (primary N) is 1. The molecular weight excluding hydrogens is 581 g/mol. The van der Waals surface area contributed by atoms with E-state index in [1.54, 1.807) is 10.9 Å². The Bertz CT molecular complexity index is 1320. The van der Waals surface area contributed by atoms with Crippen molar-refractivity contribution < 1.29 is 37.6 Å². The molecule has 0 amide bonds. The topological polar surface area (TPSA) is 191 Å². The second-order valence-corrected chi connectivity index (χ2v) is 15.1. The molecule has 4 N–H and O–H groups in total. The van der Waals surface area contributed by atoms with Crippen LogP contribution in [0.1, 0.15) is 68.0 Å². The Labute approximate surface area is 252 Å². The molecule has 3 rings (SSSR count). The zero-order chi connectivity index (χ0) is 32.2. The molecule has 1 fully saturated rings. The second-order valence-electron chi connectivity index (χ2n) is 13.2. The number of ether oxygens (including phenoxy) is 4. The van der Waals surface area contributed by atoms with Gasteiger partial charge in [-0.15, -0.1) is 0 Å². The van der Waals surface area contributed by atoms with Crippen LogP contribution in [0.5, 0.6) is 5.88 Å². The van der Waals surface area contributed by atoms with E-state index in [2.05, 4.69) is 25.1 Å². The molecule has 0 spiro atoms. The number of aromatic nitrogens is 4. The van der Waals surface area contributed by atoms with Crippen LogP contribution in [-0.2, 0) is 32.9 Å². The van der Waals surface area contributed by atoms with Gasteiger partial charge in [-0.05, 0) is 24.2 Å². The van der Waals surface area contributed by atoms with Crippen molar-refractivity contribution in [2.45, 2.75) is 80.2 Å². The smallest absolute Gasteiger partial charge is 0.342 e. The van der Waals surface area contributed by atoms with Crippen molar-refractivity contribution in [3.05, 3.63) is 6.33 Å². The van der Waals surface area contributed by atoms with Crippen LogP contribution >= 0.6 is 7.67 Å². The Hall–Kier alpha value is -2.84. The fraction of sp³-hybridized carbons (Fsp3) is 0.741. The Kier molecular flexibility index (Phi) is 11.2. The number of methoxy groups -OCH3 is 1. The lowest BCUT2D eigenvalue weighted by Gasteiger charge is -2.26. The van der Waals surface area contributed by atoms with E-state index in [1.165, 1.54) is 14.0 Å². The average Bonchev–Trinajstić information content (AvgIpc) is 3.49. The quantitative estimate of drug-likeness (QED) is 0.217. The molecule has 5 unspecified atom stereocenters. The molecule has 0 aromatic carbocycles. The molecule has 0 aliphatic carbocycles. The van der Waals surface area contributed by atoms with Gasteiger partial charge in [-0.1, -0.05) is 48.5 Å². The van der Waals surface area contributed by atoms with Crippen molar-refractivity contribution in [2.75, 3.05) is 39.2 Å². The van der Waals surface area contributed by atoms with Crippen LogP contribution in [0.2, 0.25) is 0 Å². The number of imidazole rings is 1. The van der Waals surface area contributed by atoms with E-state index in [9.17, 15) is 14.2 Å². The molecule has 1 saturated heterocycles. The minimum absolute atomic E-state index is 0.00726. The van der Waals surface area contributed by atoms with Crippen LogP contribution in [-0.4, -0.2) is 77.1 Å². The molecule has 0 radical (unpaired) electrons. The summed E-state index contributed by atoms with van der Waals surface area (Å²) in [7, 11) is -2.50. The van der Waals surface area contributed by atoms with Gasteiger partial charge in [0, 0.05) is 5.92 Å². The highest BCUT2D eigenvalue weighted by molar-refractivity contribution is 7.54. The van der Waals surface area contributed by atoms with Gasteiger partial charge in [-0.25, -0.2) is 15.2 Å². The van der Waals surface area contributed by atoms with Crippen molar-refractivity contribution in [3.8, 4) is 5.88 Å². The maximum Gasteiger partial charge on any atom is 0.342 e. The number of anilines is 1. The summed E-state index contributed by atoms with van der Waals surface area (Å²) in [5.41, 5.74) is 6.26. The van der Waals surface area contributed by atoms with Gasteiger partial charge in [0.05, 0.1) is 39.4 Å². The lowest BCUT2D eigenvalue weighted by Crippen LogP contribution is -2.40. The third-order valence-electron chi connectivity index (χ3n) is 6.23. The van der Waals surface area contributed by atoms with Crippen molar-refractivity contribution >= 4 is 36.7 Å². The number of nitrogens with one attached hydrogen (secondary N) is 2. The number of hydrogen-bond acceptors (Lipinski definition) is 12. The van der Waals surface area contributed by atoms with Gasteiger partial charge in [-0.2, -0.15) is 9.97 Å². The second kappa shape index (κ2) is 13.9. The standard InChI is InChI=1S/C27H46N7O8P/c1-16-10-18(42-23(16)34-15-29-20-21(34)31-25(28)32-22(20)38-9)12-41-43(37,30-11-19(35)39-13-26(3,4)5)33-17(2)24(36)40-14-27(6,7)8/h15-18,23H,10-14H2,1-9H3,(H2,28,31,32)(H2,30,33,37). The average molecular weight is 628 g/mol. The first-order valence-corrected chi connectivity index (χ1v) is 15.8. The number of carbonyl (C=O) groups is 2. The van der Waals surface area contributed by atoms with Gasteiger partial charge >= 0.3 is 19.6 Å². The first-order chi connectivity index (χ1) is 19.9. The van der Waals surface area contributed by atoms with Gasteiger partial charge < -0.3 is 29.2 Å². The largest absolute Gasteiger partial charge is 0.479 e. The van der Waals surface area contributed by atoms with E-state index >= 15 is 0 Å². The summed E-state index contributed by atoms with van der Waals surface area (Å²) in [5, 5.41) is 5.33. The summed E-state index contributed by atoms with van der Waals surface area (Å²) in [6, 6.07) is -1.00. The first kappa shape index (κ1) is 34.6. The number of rotatable bonds is 13. The van der Waals surface area contributed by atoms with Crippen LogP contribution in [0.3, 0.4) is 0 Å². The fourth-order valence-electron chi connectivity index (χ4n) is 4.15. The number of carbonyl (C=O) groups excluding carboxylic acids is 2. The molecular formula is C27H46N7O8P. The maximum absolute atomic E-state index is 13.9. The van der Waals surface area contributed by atoms with Gasteiger partial charge in [0.2, 0.25) is 11.8 Å². The van der Waals surface area contributed by atoms with Crippen molar-refractivity contribution in [1.29, 1.82) is 0 Å². The predicted octanol–water partition coefficient (Wildman–Crippen LogP) is 3.21. The predicted molar refractivity (Wildman–Crippen MR) is 159 cm³/mol. The SMILES string of the molecule is COc1nc(N)nc2c1ncn2C1OC(COP(=O)(NCC(=O)OCC(C)(C)C)NC(C)C(=O)OCC(C)(C)C)CC1C. The van der Waals surface area contributed by atoms with Gasteiger partial charge in [-0.3, -0.25) is 18.7 Å². The molecule has 3 heterocycles. The summed E-state index contributed by atoms with van der Waals surface area (Å²) in [6.07, 6.45) is 1.18. The van der Waals surface area contributed by atoms with Crippen molar-refractivity contribution in [2.24, 2.45) is 16.7 Å². The molecule has 0 saturated carbocycles. The van der Waals surface area contributed by atoms with E-state index < -0.39 is 44.5 Å². The molecule has 2 aromatic rings. The Balaban J connectivity index is 1.70. The zero-order valence-electron chi connectivity index (χ0n) is 26.5. The van der Waals surface area contributed by atoms with Gasteiger partial charge in [0.25, 0.3) is 0 Å². The summed E-state index contributed by atoms with van der Waals surface area (Å²) < 4.78 is 43.7. The summed E-state index contributed by atoms with van der Waals surface area (Å²) in [4.78, 5) is 37.7. The molecule has 242 valence electrons. The first-order valence-electron chi connectivity index (χ1n) is 14.2. The van der Waals surface area contributed by atoms with E-state index in [0.29, 0.717) is 17.6 Å². The van der Waals surface area contributed by atoms with Crippen LogP contribution in [0.25, 0.3) is 11.2 Å². The Morgan fingerprint density at radius 3 is 2.44 bits per heavy atom. The molecule has 5 atom stereocenters. The Morgan fingerprint density at radius 2 is 1.81 bits per heavy atom. The van der Waals surface area contributed by atoms with E-state index in [-0.39, 0.29) is 48.4 Å². The lowest BCUT2D eigenvalue weighted by atomic mass is 9.99. The number of fused-ring (bicyclic) bond motifs is 1. The minimum atomic E-state index is -3.97. The summed E-state index contributed by atoms with van der Waals surface area (Å²) >= 11 is 0. The zero-order valence-corrected chi connectivity index (χ0v) is 27.4. The lowest BCUT2D eigenvalue weighted by molar-refractivity contribution is -0.148. The molecule has 1 aliphatic heterocycles. The molecule has 15 nitrogen and oxygen atoms in total. The van der Waals surface area contributed by atoms with Crippen LogP contribution < -0.4 is 20.6 Å². The third-order valence-corrected chi connectivity index (χ3v) is 8.05. The van der Waals surface area contributed by atoms with E-state index in [1.807, 2.05) is 48.5 Å². The van der Waals surface area contributed by atoms with Crippen molar-refractivity contribution in [1.82, 2.24) is 29.7 Å². The van der Waals surface area contributed by atoms with Crippen LogP contribution in [0.15, 0.2) is 6.33 Å². The summed E-state index contributed by atoms with van der Waals surface area (Å²) in [5.74, 6) is -0.942. The number of nitrogen functional groups attached to an aromatic ring is 1.